The second-order valence-electron chi connectivity index (χ2n) is 4.76. The number of hydrogen-bond acceptors (Lipinski definition) is 4. The fraction of sp³-hybridized carbons (Fsp3) is 0.583. The van der Waals surface area contributed by atoms with Crippen LogP contribution in [0.5, 0.6) is 0 Å². The van der Waals surface area contributed by atoms with E-state index in [1.54, 1.807) is 11.3 Å². The van der Waals surface area contributed by atoms with Crippen molar-refractivity contribution in [1.82, 2.24) is 10.6 Å². The van der Waals surface area contributed by atoms with E-state index >= 15 is 0 Å². The van der Waals surface area contributed by atoms with Crippen LogP contribution in [0.15, 0.2) is 6.07 Å². The Morgan fingerprint density at radius 1 is 1.59 bits per heavy atom. The average molecular weight is 254 g/mol. The molecule has 94 valence electrons. The Balaban J connectivity index is 1.94. The molecular weight excluding hydrogens is 236 g/mol. The molecule has 0 bridgehead atoms. The molecule has 0 spiro atoms. The lowest BCUT2D eigenvalue weighted by Gasteiger charge is -2.42. The van der Waals surface area contributed by atoms with E-state index in [0.717, 1.165) is 19.6 Å². The summed E-state index contributed by atoms with van der Waals surface area (Å²) in [5, 5.41) is 15.4. The van der Waals surface area contributed by atoms with Crippen LogP contribution in [0.1, 0.15) is 21.7 Å². The lowest BCUT2D eigenvalue weighted by Crippen LogP contribution is -2.68. The first-order chi connectivity index (χ1) is 8.01. The molecule has 2 heterocycles. The number of hydrogen-bond donors (Lipinski definition) is 3. The van der Waals surface area contributed by atoms with Crippen LogP contribution in [0.4, 0.5) is 0 Å². The van der Waals surface area contributed by atoms with Crippen LogP contribution in [0.25, 0.3) is 0 Å². The number of carbonyl (C=O) groups is 1. The van der Waals surface area contributed by atoms with Crippen molar-refractivity contribution < 1.29 is 9.90 Å². The van der Waals surface area contributed by atoms with Crippen LogP contribution >= 0.6 is 11.3 Å². The maximum Gasteiger partial charge on any atom is 0.305 e. The molecule has 0 aliphatic carbocycles. The van der Waals surface area contributed by atoms with Crippen molar-refractivity contribution in [3.63, 3.8) is 0 Å². The maximum atomic E-state index is 10.8. The molecule has 1 aromatic rings. The smallest absolute Gasteiger partial charge is 0.305 e. The maximum absolute atomic E-state index is 10.8. The Morgan fingerprint density at radius 3 is 2.71 bits per heavy atom. The largest absolute Gasteiger partial charge is 0.481 e. The van der Waals surface area contributed by atoms with Gasteiger partial charge in [-0.2, -0.15) is 0 Å². The van der Waals surface area contributed by atoms with E-state index in [-0.39, 0.29) is 12.0 Å². The molecule has 3 N–H and O–H groups in total. The number of aryl methyl sites for hydroxylation is 2. The highest BCUT2D eigenvalue weighted by Crippen LogP contribution is 2.22. The molecule has 1 aliphatic rings. The van der Waals surface area contributed by atoms with Gasteiger partial charge in [0.05, 0.1) is 12.0 Å². The zero-order chi connectivity index (χ0) is 12.5. The molecule has 0 unspecified atom stereocenters. The van der Waals surface area contributed by atoms with Crippen LogP contribution in [-0.2, 0) is 11.3 Å². The highest BCUT2D eigenvalue weighted by Gasteiger charge is 2.38. The predicted molar refractivity (Wildman–Crippen MR) is 68.5 cm³/mol. The third-order valence-corrected chi connectivity index (χ3v) is 4.42. The van der Waals surface area contributed by atoms with Crippen LogP contribution in [0.3, 0.4) is 0 Å². The summed E-state index contributed by atoms with van der Waals surface area (Å²) >= 11 is 1.78. The lowest BCUT2D eigenvalue weighted by atomic mass is 9.88. The zero-order valence-electron chi connectivity index (χ0n) is 10.2. The molecular formula is C12H18N2O2S. The topological polar surface area (TPSA) is 61.4 Å². The Labute approximate surface area is 105 Å². The van der Waals surface area contributed by atoms with Crippen molar-refractivity contribution >= 4 is 17.3 Å². The Bertz CT molecular complexity index is 405. The lowest BCUT2D eigenvalue weighted by molar-refractivity contribution is -0.139. The number of aliphatic carboxylic acids is 1. The van der Waals surface area contributed by atoms with Gasteiger partial charge in [0.25, 0.3) is 0 Å². The SMILES string of the molecule is Cc1cc(CNC2(CC(=O)O)CNC2)sc1C. The first-order valence-electron chi connectivity index (χ1n) is 5.74. The highest BCUT2D eigenvalue weighted by atomic mass is 32.1. The molecule has 0 saturated carbocycles. The van der Waals surface area contributed by atoms with E-state index in [2.05, 4.69) is 30.5 Å². The molecule has 1 aliphatic heterocycles. The summed E-state index contributed by atoms with van der Waals surface area (Å²) in [5.74, 6) is -0.738. The van der Waals surface area contributed by atoms with Crippen LogP contribution in [0, 0.1) is 13.8 Å². The summed E-state index contributed by atoms with van der Waals surface area (Å²) in [6, 6.07) is 2.17. The van der Waals surface area contributed by atoms with Crippen molar-refractivity contribution in [1.29, 1.82) is 0 Å². The quantitative estimate of drug-likeness (QED) is 0.740. The van der Waals surface area contributed by atoms with Gasteiger partial charge in [-0.15, -0.1) is 11.3 Å². The van der Waals surface area contributed by atoms with E-state index < -0.39 is 5.97 Å². The van der Waals surface area contributed by atoms with Gasteiger partial charge < -0.3 is 15.7 Å². The van der Waals surface area contributed by atoms with Gasteiger partial charge in [0, 0.05) is 29.4 Å². The van der Waals surface area contributed by atoms with Crippen LogP contribution in [0.2, 0.25) is 0 Å². The fourth-order valence-electron chi connectivity index (χ4n) is 2.04. The molecule has 0 aromatic carbocycles. The second-order valence-corrected chi connectivity index (χ2v) is 6.10. The van der Waals surface area contributed by atoms with Crippen LogP contribution in [-0.4, -0.2) is 29.7 Å². The molecule has 4 nitrogen and oxygen atoms in total. The van der Waals surface area contributed by atoms with Gasteiger partial charge >= 0.3 is 5.97 Å². The molecule has 17 heavy (non-hydrogen) atoms. The van der Waals surface area contributed by atoms with Crippen molar-refractivity contribution in [3.05, 3.63) is 21.4 Å². The molecule has 1 saturated heterocycles. The van der Waals surface area contributed by atoms with E-state index in [9.17, 15) is 4.79 Å². The van der Waals surface area contributed by atoms with Crippen molar-refractivity contribution in [3.8, 4) is 0 Å². The fourth-order valence-corrected chi connectivity index (χ4v) is 3.03. The van der Waals surface area contributed by atoms with Crippen molar-refractivity contribution in [2.24, 2.45) is 0 Å². The molecule has 1 aromatic heterocycles. The van der Waals surface area contributed by atoms with E-state index in [1.165, 1.54) is 15.3 Å². The first kappa shape index (κ1) is 12.5. The standard InChI is InChI=1S/C12H18N2O2S/c1-8-3-10(17-9(8)2)5-14-12(4-11(15)16)6-13-7-12/h3,13-14H,4-7H2,1-2H3,(H,15,16). The molecule has 2 rings (SSSR count). The summed E-state index contributed by atoms with van der Waals surface area (Å²) < 4.78 is 0. The van der Waals surface area contributed by atoms with Gasteiger partial charge in [0.2, 0.25) is 0 Å². The zero-order valence-corrected chi connectivity index (χ0v) is 11.0. The third-order valence-electron chi connectivity index (χ3n) is 3.27. The summed E-state index contributed by atoms with van der Waals surface area (Å²) in [4.78, 5) is 13.4. The van der Waals surface area contributed by atoms with Gasteiger partial charge in [0.1, 0.15) is 0 Å². The third kappa shape index (κ3) is 2.86. The molecule has 1 fully saturated rings. The first-order valence-corrected chi connectivity index (χ1v) is 6.56. The number of carboxylic acid groups (broad SMARTS) is 1. The molecule has 5 heteroatoms. The summed E-state index contributed by atoms with van der Waals surface area (Å²) in [6.45, 7) is 6.45. The van der Waals surface area contributed by atoms with Gasteiger partial charge in [-0.1, -0.05) is 0 Å². The minimum Gasteiger partial charge on any atom is -0.481 e. The average Bonchev–Trinajstić information content (AvgIpc) is 2.50. The molecule has 0 radical (unpaired) electrons. The van der Waals surface area contributed by atoms with Crippen LogP contribution < -0.4 is 10.6 Å². The number of nitrogens with one attached hydrogen (secondary N) is 2. The number of rotatable bonds is 5. The number of thiophene rings is 1. The van der Waals surface area contributed by atoms with E-state index in [0.29, 0.717) is 0 Å². The normalized spacial score (nSPS) is 17.8. The monoisotopic (exact) mass is 254 g/mol. The van der Waals surface area contributed by atoms with E-state index in [4.69, 9.17) is 5.11 Å². The van der Waals surface area contributed by atoms with Gasteiger partial charge in [-0.3, -0.25) is 4.79 Å². The summed E-state index contributed by atoms with van der Waals surface area (Å²) in [6.07, 6.45) is 0.184. The summed E-state index contributed by atoms with van der Waals surface area (Å²) in [5.41, 5.74) is 1.06. The second kappa shape index (κ2) is 4.76. The van der Waals surface area contributed by atoms with Crippen molar-refractivity contribution in [2.45, 2.75) is 32.4 Å². The molecule has 0 atom stereocenters. The Hall–Kier alpha value is -0.910. The Morgan fingerprint density at radius 2 is 2.29 bits per heavy atom. The van der Waals surface area contributed by atoms with E-state index in [1.807, 2.05) is 0 Å². The number of carboxylic acids is 1. The minimum absolute atomic E-state index is 0.184. The van der Waals surface area contributed by atoms with Gasteiger partial charge in [-0.05, 0) is 25.5 Å². The highest BCUT2D eigenvalue weighted by molar-refractivity contribution is 7.12. The van der Waals surface area contributed by atoms with Crippen molar-refractivity contribution in [2.75, 3.05) is 13.1 Å². The minimum atomic E-state index is -0.738. The van der Waals surface area contributed by atoms with Gasteiger partial charge in [-0.25, -0.2) is 0 Å². The Kier molecular flexibility index (Phi) is 3.51. The summed E-state index contributed by atoms with van der Waals surface area (Å²) in [7, 11) is 0. The molecule has 0 amide bonds. The van der Waals surface area contributed by atoms with Gasteiger partial charge in [0.15, 0.2) is 0 Å². The predicted octanol–water partition coefficient (Wildman–Crippen LogP) is 1.27.